The number of hydrogen-bond donors (Lipinski definition) is 2. The summed E-state index contributed by atoms with van der Waals surface area (Å²) in [6.45, 7) is 2.03. The molecular formula is C19H19FN2O2. The van der Waals surface area contributed by atoms with Crippen molar-refractivity contribution in [3.63, 3.8) is 0 Å². The molecule has 124 valence electrons. The lowest BCUT2D eigenvalue weighted by Gasteiger charge is -2.22. The molecule has 0 bridgehead atoms. The van der Waals surface area contributed by atoms with Gasteiger partial charge in [-0.1, -0.05) is 12.1 Å². The summed E-state index contributed by atoms with van der Waals surface area (Å²) in [5, 5.41) is 0. The first-order valence-corrected chi connectivity index (χ1v) is 7.79. The van der Waals surface area contributed by atoms with Gasteiger partial charge in [0.15, 0.2) is 0 Å². The van der Waals surface area contributed by atoms with Crippen LogP contribution in [0, 0.1) is 12.7 Å². The van der Waals surface area contributed by atoms with Crippen LogP contribution in [0.2, 0.25) is 0 Å². The van der Waals surface area contributed by atoms with E-state index in [1.807, 2.05) is 25.1 Å². The van der Waals surface area contributed by atoms with E-state index in [1.165, 1.54) is 23.8 Å². The number of hydrazine groups is 1. The van der Waals surface area contributed by atoms with E-state index in [0.717, 1.165) is 35.4 Å². The summed E-state index contributed by atoms with van der Waals surface area (Å²) in [5.41, 5.74) is 10.1. The summed E-state index contributed by atoms with van der Waals surface area (Å²) in [6, 6.07) is 9.49. The molecule has 2 N–H and O–H groups in total. The van der Waals surface area contributed by atoms with Gasteiger partial charge in [-0.05, 0) is 61.2 Å². The normalized spacial score (nSPS) is 12.9. The zero-order chi connectivity index (χ0) is 17.1. The van der Waals surface area contributed by atoms with Crippen LogP contribution < -0.4 is 15.6 Å². The minimum absolute atomic E-state index is 0.269. The molecule has 0 radical (unpaired) electrons. The molecule has 0 unspecified atom stereocenters. The third-order valence-corrected chi connectivity index (χ3v) is 4.20. The molecule has 0 fully saturated rings. The minimum atomic E-state index is -0.437. The molecule has 0 aliphatic heterocycles. The first kappa shape index (κ1) is 16.1. The van der Waals surface area contributed by atoms with Crippen molar-refractivity contribution in [1.82, 2.24) is 10.9 Å². The van der Waals surface area contributed by atoms with E-state index in [9.17, 15) is 9.18 Å². The summed E-state index contributed by atoms with van der Waals surface area (Å²) < 4.78 is 18.6. The zero-order valence-corrected chi connectivity index (χ0v) is 13.7. The van der Waals surface area contributed by atoms with Crippen LogP contribution in [0.25, 0.3) is 5.70 Å². The molecule has 1 amide bonds. The Morgan fingerprint density at radius 3 is 2.83 bits per heavy atom. The van der Waals surface area contributed by atoms with Crippen LogP contribution in [0.5, 0.6) is 5.75 Å². The van der Waals surface area contributed by atoms with E-state index in [4.69, 9.17) is 4.74 Å². The highest BCUT2D eigenvalue weighted by Crippen LogP contribution is 2.32. The van der Waals surface area contributed by atoms with Crippen molar-refractivity contribution in [2.24, 2.45) is 0 Å². The third-order valence-electron chi connectivity index (χ3n) is 4.20. The van der Waals surface area contributed by atoms with Gasteiger partial charge >= 0.3 is 0 Å². The molecule has 2 aromatic carbocycles. The molecule has 3 rings (SSSR count). The molecule has 24 heavy (non-hydrogen) atoms. The maximum atomic E-state index is 13.2. The van der Waals surface area contributed by atoms with Crippen LogP contribution in [0.4, 0.5) is 4.39 Å². The predicted molar refractivity (Wildman–Crippen MR) is 91.0 cm³/mol. The quantitative estimate of drug-likeness (QED) is 0.847. The molecule has 0 saturated heterocycles. The average molecular weight is 326 g/mol. The zero-order valence-electron chi connectivity index (χ0n) is 13.7. The number of ether oxygens (including phenoxy) is 1. The van der Waals surface area contributed by atoms with Crippen molar-refractivity contribution in [3.8, 4) is 5.75 Å². The van der Waals surface area contributed by atoms with Crippen LogP contribution >= 0.6 is 0 Å². The van der Waals surface area contributed by atoms with Gasteiger partial charge in [-0.2, -0.15) is 0 Å². The molecule has 2 aromatic rings. The Kier molecular flexibility index (Phi) is 4.51. The third kappa shape index (κ3) is 3.11. The fourth-order valence-corrected chi connectivity index (χ4v) is 2.95. The summed E-state index contributed by atoms with van der Waals surface area (Å²) in [5.74, 6) is 0.0409. The SMILES string of the molecule is COc1ccc2c(c1C)CCC=C2NNC(=O)c1cccc(F)c1. The van der Waals surface area contributed by atoms with Crippen molar-refractivity contribution < 1.29 is 13.9 Å². The van der Waals surface area contributed by atoms with E-state index in [2.05, 4.69) is 10.9 Å². The van der Waals surface area contributed by atoms with Crippen molar-refractivity contribution >= 4 is 11.6 Å². The van der Waals surface area contributed by atoms with Gasteiger partial charge in [0.05, 0.1) is 12.8 Å². The monoisotopic (exact) mass is 326 g/mol. The molecule has 5 heteroatoms. The molecule has 0 aromatic heterocycles. The number of amides is 1. The number of fused-ring (bicyclic) bond motifs is 1. The number of carbonyl (C=O) groups is 1. The van der Waals surface area contributed by atoms with Gasteiger partial charge in [0.1, 0.15) is 11.6 Å². The van der Waals surface area contributed by atoms with E-state index in [-0.39, 0.29) is 11.5 Å². The summed E-state index contributed by atoms with van der Waals surface area (Å²) >= 11 is 0. The van der Waals surface area contributed by atoms with Crippen LogP contribution in [0.3, 0.4) is 0 Å². The Bertz CT molecular complexity index is 815. The van der Waals surface area contributed by atoms with Crippen molar-refractivity contribution in [2.45, 2.75) is 19.8 Å². The molecule has 0 saturated carbocycles. The predicted octanol–water partition coefficient (Wildman–Crippen LogP) is 3.36. The Balaban J connectivity index is 1.77. The standard InChI is InChI=1S/C19H19FN2O2/c1-12-15-7-4-8-17(16(15)9-10-18(12)24-2)21-22-19(23)13-5-3-6-14(20)11-13/h3,5-6,8-11,21H,4,7H2,1-2H3,(H,22,23). The second-order valence-corrected chi connectivity index (χ2v) is 5.66. The maximum Gasteiger partial charge on any atom is 0.269 e. The van der Waals surface area contributed by atoms with Crippen molar-refractivity contribution in [3.05, 3.63) is 70.5 Å². The number of nitrogens with one attached hydrogen (secondary N) is 2. The van der Waals surface area contributed by atoms with Crippen LogP contribution in [0.15, 0.2) is 42.5 Å². The maximum absolute atomic E-state index is 13.2. The lowest BCUT2D eigenvalue weighted by molar-refractivity contribution is 0.0942. The van der Waals surface area contributed by atoms with E-state index >= 15 is 0 Å². The van der Waals surface area contributed by atoms with Gasteiger partial charge in [-0.3, -0.25) is 15.6 Å². The summed E-state index contributed by atoms with van der Waals surface area (Å²) in [4.78, 5) is 12.1. The molecular weight excluding hydrogens is 307 g/mol. The van der Waals surface area contributed by atoms with Gasteiger partial charge < -0.3 is 4.74 Å². The van der Waals surface area contributed by atoms with Crippen LogP contribution in [0.1, 0.15) is 33.5 Å². The fourth-order valence-electron chi connectivity index (χ4n) is 2.95. The molecule has 0 atom stereocenters. The highest BCUT2D eigenvalue weighted by molar-refractivity contribution is 5.94. The number of methoxy groups -OCH3 is 1. The molecule has 1 aliphatic carbocycles. The Labute approximate surface area is 140 Å². The summed E-state index contributed by atoms with van der Waals surface area (Å²) in [6.07, 6.45) is 3.85. The first-order valence-electron chi connectivity index (χ1n) is 7.79. The van der Waals surface area contributed by atoms with Gasteiger partial charge in [0, 0.05) is 11.1 Å². The summed E-state index contributed by atoms with van der Waals surface area (Å²) in [7, 11) is 1.66. The Hall–Kier alpha value is -2.82. The number of hydrogen-bond acceptors (Lipinski definition) is 3. The van der Waals surface area contributed by atoms with Crippen molar-refractivity contribution in [1.29, 1.82) is 0 Å². The molecule has 4 nitrogen and oxygen atoms in total. The van der Waals surface area contributed by atoms with E-state index in [1.54, 1.807) is 13.2 Å². The van der Waals surface area contributed by atoms with Gasteiger partial charge in [0.2, 0.25) is 0 Å². The topological polar surface area (TPSA) is 50.4 Å². The second-order valence-electron chi connectivity index (χ2n) is 5.66. The average Bonchev–Trinajstić information content (AvgIpc) is 2.60. The molecule has 1 aliphatic rings. The van der Waals surface area contributed by atoms with Gasteiger partial charge in [-0.25, -0.2) is 4.39 Å². The number of benzene rings is 2. The molecule has 0 heterocycles. The Morgan fingerprint density at radius 2 is 2.08 bits per heavy atom. The van der Waals surface area contributed by atoms with Gasteiger partial charge in [0.25, 0.3) is 5.91 Å². The molecule has 0 spiro atoms. The van der Waals surface area contributed by atoms with E-state index in [0.29, 0.717) is 0 Å². The van der Waals surface area contributed by atoms with Gasteiger partial charge in [-0.15, -0.1) is 0 Å². The fraction of sp³-hybridized carbons (Fsp3) is 0.211. The Morgan fingerprint density at radius 1 is 1.25 bits per heavy atom. The highest BCUT2D eigenvalue weighted by atomic mass is 19.1. The largest absolute Gasteiger partial charge is 0.496 e. The second kappa shape index (κ2) is 6.74. The van der Waals surface area contributed by atoms with E-state index < -0.39 is 5.82 Å². The van der Waals surface area contributed by atoms with Crippen LogP contribution in [-0.4, -0.2) is 13.0 Å². The number of carbonyl (C=O) groups excluding carboxylic acids is 1. The van der Waals surface area contributed by atoms with Crippen molar-refractivity contribution in [2.75, 3.05) is 7.11 Å². The number of halogens is 1. The van der Waals surface area contributed by atoms with Crippen LogP contribution in [-0.2, 0) is 6.42 Å². The number of allylic oxidation sites excluding steroid dienone is 1. The smallest absolute Gasteiger partial charge is 0.269 e. The lowest BCUT2D eigenvalue weighted by atomic mass is 9.91. The minimum Gasteiger partial charge on any atom is -0.496 e. The number of rotatable bonds is 4. The lowest BCUT2D eigenvalue weighted by Crippen LogP contribution is -2.36. The highest BCUT2D eigenvalue weighted by Gasteiger charge is 2.17. The first-order chi connectivity index (χ1) is 11.6.